The van der Waals surface area contributed by atoms with E-state index in [1.54, 1.807) is 6.33 Å². The van der Waals surface area contributed by atoms with Crippen molar-refractivity contribution in [3.8, 4) is 0 Å². The van der Waals surface area contributed by atoms with Crippen molar-refractivity contribution in [2.24, 2.45) is 17.3 Å². The molecule has 1 saturated carbocycles. The van der Waals surface area contributed by atoms with Crippen LogP contribution in [0.15, 0.2) is 6.33 Å². The molecule has 1 heterocycles. The van der Waals surface area contributed by atoms with E-state index < -0.39 is 0 Å². The normalized spacial score (nSPS) is 24.7. The molecule has 1 fully saturated rings. The van der Waals surface area contributed by atoms with Crippen LogP contribution in [0, 0.1) is 17.3 Å². The van der Waals surface area contributed by atoms with Crippen LogP contribution < -0.4 is 0 Å². The molecule has 0 bridgehead atoms. The van der Waals surface area contributed by atoms with Crippen LogP contribution in [-0.2, 0) is 17.8 Å². The molecular weight excluding hydrogens is 238 g/mol. The summed E-state index contributed by atoms with van der Waals surface area (Å²) in [5, 5.41) is 4.22. The van der Waals surface area contributed by atoms with E-state index in [9.17, 15) is 4.79 Å². The fourth-order valence-corrected chi connectivity index (χ4v) is 3.25. The quantitative estimate of drug-likeness (QED) is 0.839. The largest absolute Gasteiger partial charge is 0.299 e. The summed E-state index contributed by atoms with van der Waals surface area (Å²) in [6.07, 6.45) is 5.37. The van der Waals surface area contributed by atoms with Crippen molar-refractivity contribution in [2.45, 2.75) is 59.9 Å². The van der Waals surface area contributed by atoms with Gasteiger partial charge in [0.25, 0.3) is 0 Å². The highest BCUT2D eigenvalue weighted by Crippen LogP contribution is 2.39. The fraction of sp³-hybridized carbons (Fsp3) is 0.800. The van der Waals surface area contributed by atoms with E-state index in [-0.39, 0.29) is 11.3 Å². The van der Waals surface area contributed by atoms with Crippen LogP contribution in [0.4, 0.5) is 0 Å². The molecule has 1 aromatic rings. The Kier molecular flexibility index (Phi) is 4.07. The van der Waals surface area contributed by atoms with Crippen LogP contribution in [0.25, 0.3) is 0 Å². The minimum absolute atomic E-state index is 0.0306. The number of aryl methyl sites for hydroxylation is 1. The van der Waals surface area contributed by atoms with Crippen molar-refractivity contribution in [2.75, 3.05) is 0 Å². The SMILES string of the molecule is CCn1ncnc1CC(C)(C)C1CCC(C)CC1=O. The molecule has 2 atom stereocenters. The zero-order valence-corrected chi connectivity index (χ0v) is 12.5. The fourth-order valence-electron chi connectivity index (χ4n) is 3.25. The van der Waals surface area contributed by atoms with Crippen LogP contribution >= 0.6 is 0 Å². The highest BCUT2D eigenvalue weighted by Gasteiger charge is 2.38. The van der Waals surface area contributed by atoms with E-state index >= 15 is 0 Å². The summed E-state index contributed by atoms with van der Waals surface area (Å²) in [6, 6.07) is 0. The van der Waals surface area contributed by atoms with Gasteiger partial charge in [0.2, 0.25) is 0 Å². The summed E-state index contributed by atoms with van der Waals surface area (Å²) in [5.41, 5.74) is -0.0306. The first-order valence-electron chi connectivity index (χ1n) is 7.33. The first-order valence-corrected chi connectivity index (χ1v) is 7.33. The van der Waals surface area contributed by atoms with E-state index in [1.165, 1.54) is 6.42 Å². The number of hydrogen-bond donors (Lipinski definition) is 0. The Morgan fingerprint density at radius 2 is 2.16 bits per heavy atom. The molecule has 19 heavy (non-hydrogen) atoms. The van der Waals surface area contributed by atoms with Crippen molar-refractivity contribution in [1.82, 2.24) is 14.8 Å². The van der Waals surface area contributed by atoms with Gasteiger partial charge in [-0.25, -0.2) is 4.98 Å². The zero-order chi connectivity index (χ0) is 14.0. The molecule has 4 nitrogen and oxygen atoms in total. The molecule has 1 aliphatic carbocycles. The molecule has 0 amide bonds. The summed E-state index contributed by atoms with van der Waals surface area (Å²) < 4.78 is 1.93. The third-order valence-electron chi connectivity index (χ3n) is 4.44. The zero-order valence-electron chi connectivity index (χ0n) is 12.5. The number of carbonyl (C=O) groups excluding carboxylic acids is 1. The number of rotatable bonds is 4. The van der Waals surface area contributed by atoms with Crippen molar-refractivity contribution >= 4 is 5.78 Å². The highest BCUT2D eigenvalue weighted by molar-refractivity contribution is 5.82. The predicted octanol–water partition coefficient (Wildman–Crippen LogP) is 2.87. The number of ketones is 1. The Morgan fingerprint density at radius 1 is 1.42 bits per heavy atom. The van der Waals surface area contributed by atoms with Gasteiger partial charge in [-0.2, -0.15) is 5.10 Å². The maximum absolute atomic E-state index is 12.3. The van der Waals surface area contributed by atoms with Gasteiger partial charge in [-0.3, -0.25) is 9.48 Å². The van der Waals surface area contributed by atoms with Gasteiger partial charge in [0.15, 0.2) is 0 Å². The van der Waals surface area contributed by atoms with Gasteiger partial charge in [0.1, 0.15) is 17.9 Å². The monoisotopic (exact) mass is 263 g/mol. The third-order valence-corrected chi connectivity index (χ3v) is 4.44. The summed E-state index contributed by atoms with van der Waals surface area (Å²) in [4.78, 5) is 16.6. The molecule has 0 spiro atoms. The minimum Gasteiger partial charge on any atom is -0.299 e. The molecule has 0 saturated heterocycles. The molecule has 1 aliphatic rings. The van der Waals surface area contributed by atoms with E-state index in [4.69, 9.17) is 0 Å². The maximum Gasteiger partial charge on any atom is 0.138 e. The Hall–Kier alpha value is -1.19. The number of carbonyl (C=O) groups is 1. The Labute approximate surface area is 115 Å². The summed E-state index contributed by atoms with van der Waals surface area (Å²) in [5.74, 6) is 2.16. The van der Waals surface area contributed by atoms with E-state index in [1.807, 2.05) is 4.68 Å². The van der Waals surface area contributed by atoms with Crippen molar-refractivity contribution < 1.29 is 4.79 Å². The number of Topliss-reactive ketones (excluding diaryl/α,β-unsaturated/α-hetero) is 1. The van der Waals surface area contributed by atoms with Crippen molar-refractivity contribution in [3.05, 3.63) is 12.2 Å². The average Bonchev–Trinajstić information content (AvgIpc) is 2.74. The lowest BCUT2D eigenvalue weighted by molar-refractivity contribution is -0.130. The Balaban J connectivity index is 2.11. The van der Waals surface area contributed by atoms with Gasteiger partial charge in [-0.15, -0.1) is 0 Å². The van der Waals surface area contributed by atoms with Gasteiger partial charge in [-0.05, 0) is 31.1 Å². The Morgan fingerprint density at radius 3 is 2.79 bits per heavy atom. The average molecular weight is 263 g/mol. The second-order valence-corrected chi connectivity index (χ2v) is 6.56. The standard InChI is InChI=1S/C15H25N3O/c1-5-18-14(16-10-17-18)9-15(3,4)12-7-6-11(2)8-13(12)19/h10-12H,5-9H2,1-4H3. The van der Waals surface area contributed by atoms with Crippen LogP contribution in [0.1, 0.15) is 52.8 Å². The van der Waals surface area contributed by atoms with E-state index in [2.05, 4.69) is 37.8 Å². The first-order chi connectivity index (χ1) is 8.94. The van der Waals surface area contributed by atoms with Gasteiger partial charge in [0, 0.05) is 25.3 Å². The van der Waals surface area contributed by atoms with Crippen molar-refractivity contribution in [3.63, 3.8) is 0 Å². The molecule has 2 unspecified atom stereocenters. The van der Waals surface area contributed by atoms with Gasteiger partial charge in [0.05, 0.1) is 0 Å². The van der Waals surface area contributed by atoms with E-state index in [0.29, 0.717) is 11.7 Å². The van der Waals surface area contributed by atoms with Crippen LogP contribution in [0.3, 0.4) is 0 Å². The summed E-state index contributed by atoms with van der Waals surface area (Å²) in [7, 11) is 0. The van der Waals surface area contributed by atoms with Gasteiger partial charge in [-0.1, -0.05) is 20.8 Å². The second-order valence-electron chi connectivity index (χ2n) is 6.56. The second kappa shape index (κ2) is 5.43. The lowest BCUT2D eigenvalue weighted by atomic mass is 9.67. The lowest BCUT2D eigenvalue weighted by Crippen LogP contribution is -2.37. The minimum atomic E-state index is -0.0306. The lowest BCUT2D eigenvalue weighted by Gasteiger charge is -2.37. The molecular formula is C15H25N3O. The smallest absolute Gasteiger partial charge is 0.138 e. The van der Waals surface area contributed by atoms with Gasteiger partial charge >= 0.3 is 0 Å². The summed E-state index contributed by atoms with van der Waals surface area (Å²) in [6.45, 7) is 9.47. The van der Waals surface area contributed by atoms with E-state index in [0.717, 1.165) is 31.6 Å². The molecule has 0 aliphatic heterocycles. The van der Waals surface area contributed by atoms with Crippen LogP contribution in [0.5, 0.6) is 0 Å². The maximum atomic E-state index is 12.3. The van der Waals surface area contributed by atoms with Crippen LogP contribution in [-0.4, -0.2) is 20.5 Å². The predicted molar refractivity (Wildman–Crippen MR) is 74.7 cm³/mol. The topological polar surface area (TPSA) is 47.8 Å². The molecule has 4 heteroatoms. The first kappa shape index (κ1) is 14.2. The molecule has 106 valence electrons. The number of nitrogens with zero attached hydrogens (tertiary/aromatic N) is 3. The Bertz CT molecular complexity index is 450. The molecule has 0 aromatic carbocycles. The molecule has 2 rings (SSSR count). The number of hydrogen-bond acceptors (Lipinski definition) is 3. The molecule has 0 N–H and O–H groups in total. The summed E-state index contributed by atoms with van der Waals surface area (Å²) >= 11 is 0. The molecule has 0 radical (unpaired) electrons. The third kappa shape index (κ3) is 3.04. The van der Waals surface area contributed by atoms with Crippen molar-refractivity contribution in [1.29, 1.82) is 0 Å². The van der Waals surface area contributed by atoms with Gasteiger partial charge < -0.3 is 0 Å². The highest BCUT2D eigenvalue weighted by atomic mass is 16.1. The number of aromatic nitrogens is 3. The molecule has 1 aromatic heterocycles. The van der Waals surface area contributed by atoms with Crippen LogP contribution in [0.2, 0.25) is 0 Å².